The summed E-state index contributed by atoms with van der Waals surface area (Å²) < 4.78 is 12.5. The zero-order valence-corrected chi connectivity index (χ0v) is 19.9. The molecule has 5 heteroatoms. The second-order valence-electron chi connectivity index (χ2n) is 9.43. The van der Waals surface area contributed by atoms with Gasteiger partial charge >= 0.3 is 0 Å². The quantitative estimate of drug-likeness (QED) is 0.247. The molecule has 0 bridgehead atoms. The van der Waals surface area contributed by atoms with Crippen molar-refractivity contribution in [2.75, 3.05) is 18.0 Å². The summed E-state index contributed by atoms with van der Waals surface area (Å²) in [6.45, 7) is 14.6. The van der Waals surface area contributed by atoms with Crippen molar-refractivity contribution in [2.45, 2.75) is 53.6 Å². The molecule has 1 aliphatic heterocycles. The third-order valence-corrected chi connectivity index (χ3v) is 5.83. The van der Waals surface area contributed by atoms with Gasteiger partial charge in [0.05, 0.1) is 0 Å². The Labute approximate surface area is 189 Å². The van der Waals surface area contributed by atoms with E-state index in [-0.39, 0.29) is 11.0 Å². The van der Waals surface area contributed by atoms with Gasteiger partial charge in [0.2, 0.25) is 0 Å². The van der Waals surface area contributed by atoms with Gasteiger partial charge in [0.1, 0.15) is 22.6 Å². The van der Waals surface area contributed by atoms with Crippen LogP contribution in [0.1, 0.15) is 48.0 Å². The van der Waals surface area contributed by atoms with E-state index >= 15 is 0 Å². The van der Waals surface area contributed by atoms with Gasteiger partial charge < -0.3 is 14.1 Å². The third kappa shape index (κ3) is 4.29. The summed E-state index contributed by atoms with van der Waals surface area (Å²) in [7, 11) is 0. The summed E-state index contributed by atoms with van der Waals surface area (Å²) in [5.74, 6) is 1.74. The highest BCUT2D eigenvalue weighted by Gasteiger charge is 2.23. The van der Waals surface area contributed by atoms with Gasteiger partial charge in [-0.05, 0) is 70.4 Å². The molecule has 0 unspecified atom stereocenters. The van der Waals surface area contributed by atoms with Gasteiger partial charge in [0.25, 0.3) is 0 Å². The number of nitrogens with zero attached hydrogens (tertiary/aromatic N) is 2. The SMILES string of the molecule is CCN(CC)c1ccc2nc3c4cc(OC(C)(C)CC(C)C)ccc4c(=O)cc-3oc2c1. The van der Waals surface area contributed by atoms with Gasteiger partial charge in [-0.1, -0.05) is 13.8 Å². The monoisotopic (exact) mass is 432 g/mol. The van der Waals surface area contributed by atoms with E-state index in [9.17, 15) is 4.79 Å². The van der Waals surface area contributed by atoms with E-state index in [4.69, 9.17) is 14.1 Å². The van der Waals surface area contributed by atoms with Crippen LogP contribution in [0.2, 0.25) is 0 Å². The van der Waals surface area contributed by atoms with E-state index in [0.717, 1.165) is 41.9 Å². The molecule has 0 aromatic heterocycles. The Morgan fingerprint density at radius 3 is 2.47 bits per heavy atom. The lowest BCUT2D eigenvalue weighted by Crippen LogP contribution is -2.30. The molecule has 0 radical (unpaired) electrons. The molecule has 0 N–H and O–H groups in total. The molecule has 0 amide bonds. The predicted octanol–water partition coefficient (Wildman–Crippen LogP) is 6.50. The van der Waals surface area contributed by atoms with Crippen LogP contribution in [0, 0.1) is 5.92 Å². The Bertz CT molecular complexity index is 1290. The van der Waals surface area contributed by atoms with E-state index in [2.05, 4.69) is 52.5 Å². The van der Waals surface area contributed by atoms with Gasteiger partial charge in [-0.15, -0.1) is 0 Å². The fraction of sp³-hybridized carbons (Fsp3) is 0.407. The largest absolute Gasteiger partial charge is 0.488 e. The first-order valence-corrected chi connectivity index (χ1v) is 11.5. The summed E-state index contributed by atoms with van der Waals surface area (Å²) in [4.78, 5) is 19.9. The zero-order valence-electron chi connectivity index (χ0n) is 19.9. The summed E-state index contributed by atoms with van der Waals surface area (Å²) >= 11 is 0. The van der Waals surface area contributed by atoms with Crippen LogP contribution in [-0.2, 0) is 0 Å². The van der Waals surface area contributed by atoms with Crippen molar-refractivity contribution in [3.8, 4) is 17.2 Å². The number of rotatable bonds is 7. The fourth-order valence-electron chi connectivity index (χ4n) is 4.63. The average molecular weight is 433 g/mol. The van der Waals surface area contributed by atoms with Crippen LogP contribution in [0.15, 0.2) is 51.7 Å². The topological polar surface area (TPSA) is 55.6 Å². The molecule has 5 nitrogen and oxygen atoms in total. The summed E-state index contributed by atoms with van der Waals surface area (Å²) in [6, 6.07) is 13.2. The molecular formula is C27H32N2O3. The summed E-state index contributed by atoms with van der Waals surface area (Å²) in [5.41, 5.74) is 2.81. The maximum absolute atomic E-state index is 12.8. The minimum Gasteiger partial charge on any atom is -0.488 e. The highest BCUT2D eigenvalue weighted by Crippen LogP contribution is 2.34. The number of hydrogen-bond acceptors (Lipinski definition) is 5. The van der Waals surface area contributed by atoms with Crippen LogP contribution in [0.25, 0.3) is 33.3 Å². The second kappa shape index (κ2) is 8.45. The molecule has 4 rings (SSSR count). The Morgan fingerprint density at radius 2 is 1.78 bits per heavy atom. The first-order chi connectivity index (χ1) is 15.2. The maximum Gasteiger partial charge on any atom is 0.190 e. The maximum atomic E-state index is 12.8. The lowest BCUT2D eigenvalue weighted by molar-refractivity contribution is 0.0854. The lowest BCUT2D eigenvalue weighted by atomic mass is 9.96. The Kier molecular flexibility index (Phi) is 5.85. The molecule has 1 heterocycles. The van der Waals surface area contributed by atoms with Gasteiger partial charge in [-0.25, -0.2) is 4.98 Å². The van der Waals surface area contributed by atoms with Crippen molar-refractivity contribution in [1.82, 2.24) is 4.98 Å². The highest BCUT2D eigenvalue weighted by atomic mass is 16.5. The third-order valence-electron chi connectivity index (χ3n) is 5.83. The molecule has 0 saturated carbocycles. The van der Waals surface area contributed by atoms with E-state index in [1.165, 1.54) is 6.07 Å². The molecule has 0 atom stereocenters. The molecule has 32 heavy (non-hydrogen) atoms. The lowest BCUT2D eigenvalue weighted by Gasteiger charge is -2.28. The van der Waals surface area contributed by atoms with Crippen LogP contribution in [0.5, 0.6) is 5.75 Å². The van der Waals surface area contributed by atoms with Gasteiger partial charge in [0.15, 0.2) is 16.8 Å². The van der Waals surface area contributed by atoms with E-state index in [0.29, 0.717) is 28.3 Å². The highest BCUT2D eigenvalue weighted by molar-refractivity contribution is 5.97. The van der Waals surface area contributed by atoms with Crippen LogP contribution in [-0.4, -0.2) is 23.7 Å². The van der Waals surface area contributed by atoms with Crippen LogP contribution in [0.4, 0.5) is 5.69 Å². The molecule has 0 spiro atoms. The molecule has 2 aromatic carbocycles. The van der Waals surface area contributed by atoms with Crippen molar-refractivity contribution in [3.63, 3.8) is 0 Å². The average Bonchev–Trinajstić information content (AvgIpc) is 2.72. The van der Waals surface area contributed by atoms with Gasteiger partial charge in [0, 0.05) is 41.7 Å². The van der Waals surface area contributed by atoms with Crippen molar-refractivity contribution < 1.29 is 9.15 Å². The van der Waals surface area contributed by atoms with Crippen LogP contribution < -0.4 is 15.1 Å². The zero-order chi connectivity index (χ0) is 23.0. The number of aromatic nitrogens is 1. The predicted molar refractivity (Wildman–Crippen MR) is 132 cm³/mol. The minimum absolute atomic E-state index is 0.0784. The Hall–Kier alpha value is -3.08. The van der Waals surface area contributed by atoms with Crippen molar-refractivity contribution in [2.24, 2.45) is 5.92 Å². The minimum atomic E-state index is -0.307. The Balaban J connectivity index is 1.85. The standard InChI is InChI=1S/C27H32N2O3/c1-7-29(8-2)18-9-12-22-24(13-18)31-25-15-23(30)20-11-10-19(14-21(20)26(25)28-22)32-27(5,6)16-17(3)4/h9-15,17H,7-8,16H2,1-6H3. The second-order valence-corrected chi connectivity index (χ2v) is 9.43. The number of anilines is 1. The van der Waals surface area contributed by atoms with Gasteiger partial charge in [-0.2, -0.15) is 0 Å². The van der Waals surface area contributed by atoms with Crippen molar-refractivity contribution >= 4 is 27.6 Å². The molecule has 2 aliphatic rings. The van der Waals surface area contributed by atoms with E-state index in [1.54, 1.807) is 0 Å². The van der Waals surface area contributed by atoms with E-state index < -0.39 is 0 Å². The summed E-state index contributed by atoms with van der Waals surface area (Å²) in [6.07, 6.45) is 0.931. The van der Waals surface area contributed by atoms with Gasteiger partial charge in [-0.3, -0.25) is 4.79 Å². The van der Waals surface area contributed by atoms with Crippen molar-refractivity contribution in [1.29, 1.82) is 0 Å². The molecule has 168 valence electrons. The molecule has 0 fully saturated rings. The number of ether oxygens (including phenoxy) is 1. The normalized spacial score (nSPS) is 12.2. The molecule has 1 aliphatic carbocycles. The first-order valence-electron chi connectivity index (χ1n) is 11.5. The molecular weight excluding hydrogens is 400 g/mol. The number of hydrogen-bond donors (Lipinski definition) is 0. The first kappa shape index (κ1) is 22.1. The number of benzene rings is 3. The smallest absolute Gasteiger partial charge is 0.190 e. The molecule has 2 aromatic rings. The fourth-order valence-corrected chi connectivity index (χ4v) is 4.63. The van der Waals surface area contributed by atoms with E-state index in [1.807, 2.05) is 30.3 Å². The number of fused-ring (bicyclic) bond motifs is 4. The molecule has 0 saturated heterocycles. The van der Waals surface area contributed by atoms with Crippen LogP contribution in [0.3, 0.4) is 0 Å². The Morgan fingerprint density at radius 1 is 1.03 bits per heavy atom. The van der Waals surface area contributed by atoms with Crippen LogP contribution >= 0.6 is 0 Å². The summed E-state index contributed by atoms with van der Waals surface area (Å²) in [5, 5.41) is 1.37. The van der Waals surface area contributed by atoms with Crippen molar-refractivity contribution in [3.05, 3.63) is 52.7 Å².